The molecule has 0 fully saturated rings. The van der Waals surface area contributed by atoms with Crippen molar-refractivity contribution in [2.24, 2.45) is 17.2 Å². The van der Waals surface area contributed by atoms with Gasteiger partial charge in [-0.3, -0.25) is 0 Å². The second-order valence-electron chi connectivity index (χ2n) is 3.23. The molecule has 14 heavy (non-hydrogen) atoms. The summed E-state index contributed by atoms with van der Waals surface area (Å²) in [6.07, 6.45) is 1.48. The highest BCUT2D eigenvalue weighted by Gasteiger charge is 2.14. The summed E-state index contributed by atoms with van der Waals surface area (Å²) in [7, 11) is 0. The Morgan fingerprint density at radius 3 is 2.36 bits per heavy atom. The first-order valence-corrected chi connectivity index (χ1v) is 4.34. The largest absolute Gasteiger partial charge is 0.394 e. The van der Waals surface area contributed by atoms with Gasteiger partial charge in [0, 0.05) is 18.6 Å². The highest BCUT2D eigenvalue weighted by atomic mass is 15.3. The fraction of sp³-hybridized carbons (Fsp3) is 0.571. The average Bonchev–Trinajstić information content (AvgIpc) is 2.48. The van der Waals surface area contributed by atoms with E-state index in [1.807, 2.05) is 0 Å². The molecule has 7 heteroatoms. The van der Waals surface area contributed by atoms with Crippen LogP contribution in [0.3, 0.4) is 0 Å². The number of hydrogen-bond donors (Lipinski definition) is 5. The fourth-order valence-corrected chi connectivity index (χ4v) is 1.06. The van der Waals surface area contributed by atoms with Gasteiger partial charge in [0.2, 0.25) is 0 Å². The lowest BCUT2D eigenvalue weighted by atomic mass is 10.1. The maximum atomic E-state index is 5.78. The van der Waals surface area contributed by atoms with Crippen LogP contribution in [0.1, 0.15) is 0 Å². The van der Waals surface area contributed by atoms with Crippen molar-refractivity contribution in [2.45, 2.75) is 18.6 Å². The number of nitrogen functional groups attached to an aromatic ring is 2. The zero-order chi connectivity index (χ0) is 10.7. The molecule has 0 radical (unpaired) electrons. The van der Waals surface area contributed by atoms with Gasteiger partial charge in [0.05, 0.1) is 18.4 Å². The molecule has 80 valence electrons. The number of anilines is 2. The minimum Gasteiger partial charge on any atom is -0.394 e. The van der Waals surface area contributed by atoms with Crippen molar-refractivity contribution < 1.29 is 0 Å². The number of nitrogens with zero attached hydrogens (tertiary/aromatic N) is 2. The Balaban J connectivity index is 2.64. The van der Waals surface area contributed by atoms with Crippen molar-refractivity contribution in [3.8, 4) is 0 Å². The molecule has 1 aromatic rings. The summed E-state index contributed by atoms with van der Waals surface area (Å²) < 4.78 is 1.52. The summed E-state index contributed by atoms with van der Waals surface area (Å²) in [5.41, 5.74) is 28.4. The third-order valence-electron chi connectivity index (χ3n) is 2.12. The zero-order valence-corrected chi connectivity index (χ0v) is 7.93. The predicted octanol–water partition coefficient (Wildman–Crippen LogP) is -2.34. The monoisotopic (exact) mass is 199 g/mol. The molecule has 0 aliphatic carbocycles. The van der Waals surface area contributed by atoms with E-state index in [-0.39, 0.29) is 12.1 Å². The Kier molecular flexibility index (Phi) is 3.28. The Labute approximate surface area is 82.2 Å². The van der Waals surface area contributed by atoms with E-state index in [2.05, 4.69) is 5.10 Å². The van der Waals surface area contributed by atoms with E-state index in [1.54, 1.807) is 0 Å². The first-order valence-electron chi connectivity index (χ1n) is 4.34. The van der Waals surface area contributed by atoms with Gasteiger partial charge >= 0.3 is 0 Å². The average molecular weight is 199 g/mol. The first-order chi connectivity index (χ1) is 6.56. The normalized spacial score (nSPS) is 15.4. The molecule has 0 amide bonds. The Hall–Kier alpha value is -1.31. The van der Waals surface area contributed by atoms with E-state index < -0.39 is 0 Å². The molecule has 1 heterocycles. The maximum Gasteiger partial charge on any atom is 0.145 e. The molecule has 10 N–H and O–H groups in total. The van der Waals surface area contributed by atoms with Gasteiger partial charge in [-0.1, -0.05) is 0 Å². The van der Waals surface area contributed by atoms with E-state index in [0.29, 0.717) is 24.6 Å². The third kappa shape index (κ3) is 2.13. The van der Waals surface area contributed by atoms with Crippen molar-refractivity contribution in [2.75, 3.05) is 18.0 Å². The molecule has 2 atom stereocenters. The maximum absolute atomic E-state index is 5.78. The highest BCUT2D eigenvalue weighted by molar-refractivity contribution is 5.56. The smallest absolute Gasteiger partial charge is 0.145 e. The minimum absolute atomic E-state index is 0.264. The first kappa shape index (κ1) is 10.8. The molecule has 1 rings (SSSR count). The molecular weight excluding hydrogens is 182 g/mol. The quantitative estimate of drug-likeness (QED) is 0.367. The second-order valence-corrected chi connectivity index (χ2v) is 3.23. The van der Waals surface area contributed by atoms with Crippen LogP contribution < -0.4 is 28.7 Å². The van der Waals surface area contributed by atoms with Gasteiger partial charge in [0.15, 0.2) is 0 Å². The van der Waals surface area contributed by atoms with Crippen LogP contribution in [0, 0.1) is 0 Å². The van der Waals surface area contributed by atoms with Crippen molar-refractivity contribution in [1.29, 1.82) is 0 Å². The summed E-state index contributed by atoms with van der Waals surface area (Å²) >= 11 is 0. The van der Waals surface area contributed by atoms with Crippen molar-refractivity contribution >= 4 is 11.5 Å². The van der Waals surface area contributed by atoms with Crippen LogP contribution >= 0.6 is 0 Å². The molecule has 0 saturated heterocycles. The van der Waals surface area contributed by atoms with Crippen LogP contribution in [-0.2, 0) is 6.54 Å². The lowest BCUT2D eigenvalue weighted by Crippen LogP contribution is -2.48. The van der Waals surface area contributed by atoms with Crippen molar-refractivity contribution in [3.63, 3.8) is 0 Å². The number of rotatable bonds is 4. The predicted molar refractivity (Wildman–Crippen MR) is 56.1 cm³/mol. The van der Waals surface area contributed by atoms with Crippen molar-refractivity contribution in [1.82, 2.24) is 9.78 Å². The molecule has 7 nitrogen and oxygen atoms in total. The Morgan fingerprint density at radius 1 is 1.29 bits per heavy atom. The molecule has 0 aliphatic rings. The Bertz CT molecular complexity index is 294. The molecule has 1 aromatic heterocycles. The summed E-state index contributed by atoms with van der Waals surface area (Å²) in [5.74, 6) is 0.407. The number of hydrogen-bond acceptors (Lipinski definition) is 6. The van der Waals surface area contributed by atoms with Gasteiger partial charge in [0.25, 0.3) is 0 Å². The van der Waals surface area contributed by atoms with Gasteiger partial charge in [-0.25, -0.2) is 4.68 Å². The van der Waals surface area contributed by atoms with Gasteiger partial charge < -0.3 is 28.7 Å². The van der Waals surface area contributed by atoms with E-state index in [4.69, 9.17) is 28.7 Å². The van der Waals surface area contributed by atoms with Gasteiger partial charge in [-0.15, -0.1) is 0 Å². The van der Waals surface area contributed by atoms with E-state index in [0.717, 1.165) is 0 Å². The SMILES string of the molecule is NCC(N)C(N)Cn1ncc(N)c1N. The molecule has 0 saturated carbocycles. The van der Waals surface area contributed by atoms with Gasteiger partial charge in [0.1, 0.15) is 5.82 Å². The molecule has 0 bridgehead atoms. The fourth-order valence-electron chi connectivity index (χ4n) is 1.06. The summed E-state index contributed by atoms with van der Waals surface area (Å²) in [5, 5.41) is 3.96. The number of aromatic nitrogens is 2. The van der Waals surface area contributed by atoms with Crippen molar-refractivity contribution in [3.05, 3.63) is 6.20 Å². The van der Waals surface area contributed by atoms with Gasteiger partial charge in [-0.05, 0) is 0 Å². The van der Waals surface area contributed by atoms with Gasteiger partial charge in [-0.2, -0.15) is 5.10 Å². The summed E-state index contributed by atoms with van der Waals surface area (Å²) in [4.78, 5) is 0. The number of nitrogens with two attached hydrogens (primary N) is 5. The zero-order valence-electron chi connectivity index (χ0n) is 7.93. The lowest BCUT2D eigenvalue weighted by molar-refractivity contribution is 0.447. The molecule has 2 unspecified atom stereocenters. The molecular formula is C7H17N7. The van der Waals surface area contributed by atoms with E-state index >= 15 is 0 Å². The van der Waals surface area contributed by atoms with Crippen LogP contribution in [0.4, 0.5) is 11.5 Å². The topological polar surface area (TPSA) is 148 Å². The molecule has 0 aromatic carbocycles. The highest BCUT2D eigenvalue weighted by Crippen LogP contribution is 2.12. The molecule has 0 spiro atoms. The van der Waals surface area contributed by atoms with Crippen LogP contribution in [0.25, 0.3) is 0 Å². The third-order valence-corrected chi connectivity index (χ3v) is 2.12. The lowest BCUT2D eigenvalue weighted by Gasteiger charge is -2.18. The van der Waals surface area contributed by atoms with Crippen LogP contribution in [0.2, 0.25) is 0 Å². The van der Waals surface area contributed by atoms with Crippen LogP contribution in [0.5, 0.6) is 0 Å². The summed E-state index contributed by atoms with van der Waals surface area (Å²) in [6.45, 7) is 0.749. The van der Waals surface area contributed by atoms with E-state index in [9.17, 15) is 0 Å². The molecule has 0 aliphatic heterocycles. The second kappa shape index (κ2) is 4.27. The Morgan fingerprint density at radius 2 is 1.93 bits per heavy atom. The van der Waals surface area contributed by atoms with E-state index in [1.165, 1.54) is 10.9 Å². The summed E-state index contributed by atoms with van der Waals surface area (Å²) in [6, 6.07) is -0.540. The van der Waals surface area contributed by atoms with Crippen LogP contribution in [0.15, 0.2) is 6.20 Å². The standard InChI is InChI=1S/C7H17N7/c8-1-4(9)6(11)3-14-7(12)5(10)2-13-14/h2,4,6H,1,3,8-12H2. The minimum atomic E-state index is -0.276. The van der Waals surface area contributed by atoms with Crippen LogP contribution in [-0.4, -0.2) is 28.4 Å².